The van der Waals surface area contributed by atoms with E-state index in [0.717, 1.165) is 18.4 Å². The normalized spacial score (nSPS) is 16.4. The Labute approximate surface area is 101 Å². The summed E-state index contributed by atoms with van der Waals surface area (Å²) < 4.78 is 0. The summed E-state index contributed by atoms with van der Waals surface area (Å²) in [6.45, 7) is 12.6. The maximum Gasteiger partial charge on any atom is 0.00966 e. The largest absolute Gasteiger partial charge is 0.312 e. The highest BCUT2D eigenvalue weighted by molar-refractivity contribution is 7.98. The lowest BCUT2D eigenvalue weighted by Gasteiger charge is -2.26. The lowest BCUT2D eigenvalue weighted by molar-refractivity contribution is 0.306. The van der Waals surface area contributed by atoms with Crippen LogP contribution in [0.25, 0.3) is 0 Å². The summed E-state index contributed by atoms with van der Waals surface area (Å²) in [5.41, 5.74) is 0.257. The van der Waals surface area contributed by atoms with Crippen LogP contribution in [0.1, 0.15) is 47.5 Å². The highest BCUT2D eigenvalue weighted by atomic mass is 32.2. The van der Waals surface area contributed by atoms with Crippen molar-refractivity contribution in [1.82, 2.24) is 5.32 Å². The van der Waals surface area contributed by atoms with E-state index in [2.05, 4.69) is 46.2 Å². The molecule has 0 aromatic carbocycles. The Balaban J connectivity index is 3.64. The summed E-state index contributed by atoms with van der Waals surface area (Å²) in [6.07, 6.45) is 4.92. The molecule has 0 aliphatic rings. The second kappa shape index (κ2) is 7.56. The fourth-order valence-corrected chi connectivity index (χ4v) is 1.96. The molecule has 2 unspecified atom stereocenters. The molecule has 0 aromatic heterocycles. The van der Waals surface area contributed by atoms with E-state index in [0.29, 0.717) is 0 Å². The molecule has 0 aliphatic heterocycles. The van der Waals surface area contributed by atoms with E-state index in [1.807, 2.05) is 11.8 Å². The zero-order chi connectivity index (χ0) is 11.9. The first kappa shape index (κ1) is 15.3. The van der Waals surface area contributed by atoms with E-state index in [-0.39, 0.29) is 5.54 Å². The van der Waals surface area contributed by atoms with Gasteiger partial charge in [-0.3, -0.25) is 0 Å². The molecule has 0 aliphatic carbocycles. The van der Waals surface area contributed by atoms with Crippen LogP contribution in [0, 0.1) is 11.8 Å². The van der Waals surface area contributed by atoms with Gasteiger partial charge in [-0.15, -0.1) is 0 Å². The molecule has 0 fully saturated rings. The van der Waals surface area contributed by atoms with E-state index in [1.165, 1.54) is 18.6 Å². The second-order valence-electron chi connectivity index (χ2n) is 5.72. The van der Waals surface area contributed by atoms with E-state index in [4.69, 9.17) is 0 Å². The van der Waals surface area contributed by atoms with Gasteiger partial charge >= 0.3 is 0 Å². The molecule has 0 amide bonds. The van der Waals surface area contributed by atoms with Crippen LogP contribution in [0.3, 0.4) is 0 Å². The van der Waals surface area contributed by atoms with Crippen LogP contribution in [0.2, 0.25) is 0 Å². The lowest BCUT2D eigenvalue weighted by atomic mass is 9.91. The molecule has 0 spiro atoms. The SMILES string of the molecule is CSCCCC(C)C(C)CNC(C)(C)C. The summed E-state index contributed by atoms with van der Waals surface area (Å²) in [4.78, 5) is 0. The molecule has 92 valence electrons. The average Bonchev–Trinajstić information content (AvgIpc) is 2.13. The quantitative estimate of drug-likeness (QED) is 0.669. The summed E-state index contributed by atoms with van der Waals surface area (Å²) in [6, 6.07) is 0. The molecule has 0 saturated carbocycles. The molecule has 0 saturated heterocycles. The van der Waals surface area contributed by atoms with Gasteiger partial charge in [0.25, 0.3) is 0 Å². The molecule has 15 heavy (non-hydrogen) atoms. The number of thioether (sulfide) groups is 1. The van der Waals surface area contributed by atoms with E-state index < -0.39 is 0 Å². The van der Waals surface area contributed by atoms with Crippen molar-refractivity contribution in [1.29, 1.82) is 0 Å². The van der Waals surface area contributed by atoms with Gasteiger partial charge in [0.05, 0.1) is 0 Å². The third kappa shape index (κ3) is 9.25. The Hall–Kier alpha value is 0.310. The Morgan fingerprint density at radius 1 is 1.13 bits per heavy atom. The molecule has 0 aromatic rings. The Morgan fingerprint density at radius 2 is 1.73 bits per heavy atom. The zero-order valence-corrected chi connectivity index (χ0v) is 12.2. The molecular weight excluding hydrogens is 202 g/mol. The van der Waals surface area contributed by atoms with Crippen molar-refractivity contribution in [3.63, 3.8) is 0 Å². The van der Waals surface area contributed by atoms with Gasteiger partial charge in [-0.25, -0.2) is 0 Å². The molecule has 0 rings (SSSR count). The highest BCUT2D eigenvalue weighted by Crippen LogP contribution is 2.18. The minimum atomic E-state index is 0.257. The Morgan fingerprint density at radius 3 is 2.20 bits per heavy atom. The van der Waals surface area contributed by atoms with Crippen molar-refractivity contribution in [2.45, 2.75) is 53.0 Å². The van der Waals surface area contributed by atoms with Gasteiger partial charge in [-0.2, -0.15) is 11.8 Å². The van der Waals surface area contributed by atoms with Crippen molar-refractivity contribution in [3.05, 3.63) is 0 Å². The van der Waals surface area contributed by atoms with Crippen molar-refractivity contribution in [2.24, 2.45) is 11.8 Å². The molecule has 1 N–H and O–H groups in total. The van der Waals surface area contributed by atoms with Crippen LogP contribution in [-0.2, 0) is 0 Å². The van der Waals surface area contributed by atoms with E-state index >= 15 is 0 Å². The highest BCUT2D eigenvalue weighted by Gasteiger charge is 2.15. The third-order valence-electron chi connectivity index (χ3n) is 2.93. The van der Waals surface area contributed by atoms with Gasteiger partial charge in [0.2, 0.25) is 0 Å². The van der Waals surface area contributed by atoms with Crippen molar-refractivity contribution < 1.29 is 0 Å². The molecule has 2 heteroatoms. The van der Waals surface area contributed by atoms with Gasteiger partial charge in [0, 0.05) is 5.54 Å². The van der Waals surface area contributed by atoms with Gasteiger partial charge in [-0.05, 0) is 64.0 Å². The lowest BCUT2D eigenvalue weighted by Crippen LogP contribution is -2.39. The summed E-state index contributed by atoms with van der Waals surface area (Å²) >= 11 is 1.96. The summed E-state index contributed by atoms with van der Waals surface area (Å²) in [5, 5.41) is 3.59. The molecule has 2 atom stereocenters. The first-order chi connectivity index (χ1) is 6.87. The van der Waals surface area contributed by atoms with Gasteiger partial charge in [0.1, 0.15) is 0 Å². The van der Waals surface area contributed by atoms with Gasteiger partial charge in [0.15, 0.2) is 0 Å². The molecule has 0 radical (unpaired) electrons. The molecule has 0 bridgehead atoms. The van der Waals surface area contributed by atoms with Crippen LogP contribution in [0.15, 0.2) is 0 Å². The van der Waals surface area contributed by atoms with Crippen molar-refractivity contribution in [3.8, 4) is 0 Å². The number of hydrogen-bond acceptors (Lipinski definition) is 2. The first-order valence-electron chi connectivity index (χ1n) is 6.11. The summed E-state index contributed by atoms with van der Waals surface area (Å²) in [7, 11) is 0. The monoisotopic (exact) mass is 231 g/mol. The van der Waals surface area contributed by atoms with E-state index in [9.17, 15) is 0 Å². The van der Waals surface area contributed by atoms with Crippen LogP contribution in [0.4, 0.5) is 0 Å². The van der Waals surface area contributed by atoms with Gasteiger partial charge < -0.3 is 5.32 Å². The van der Waals surface area contributed by atoms with Crippen LogP contribution < -0.4 is 5.32 Å². The third-order valence-corrected chi connectivity index (χ3v) is 3.63. The number of hydrogen-bond donors (Lipinski definition) is 1. The Kier molecular flexibility index (Phi) is 7.72. The fourth-order valence-electron chi connectivity index (χ4n) is 1.50. The predicted octanol–water partition coefficient (Wildman–Crippen LogP) is 3.79. The predicted molar refractivity (Wildman–Crippen MR) is 73.7 cm³/mol. The zero-order valence-electron chi connectivity index (χ0n) is 11.4. The first-order valence-corrected chi connectivity index (χ1v) is 7.50. The van der Waals surface area contributed by atoms with Crippen LogP contribution in [-0.4, -0.2) is 24.1 Å². The van der Waals surface area contributed by atoms with Crippen molar-refractivity contribution >= 4 is 11.8 Å². The second-order valence-corrected chi connectivity index (χ2v) is 6.71. The van der Waals surface area contributed by atoms with E-state index in [1.54, 1.807) is 0 Å². The Bertz CT molecular complexity index is 151. The van der Waals surface area contributed by atoms with Gasteiger partial charge in [-0.1, -0.05) is 13.8 Å². The van der Waals surface area contributed by atoms with Crippen LogP contribution in [0.5, 0.6) is 0 Å². The molecular formula is C13H29NS. The standard InChI is InChI=1S/C13H29NS/c1-11(8-7-9-15-6)12(2)10-14-13(3,4)5/h11-12,14H,7-10H2,1-6H3. The van der Waals surface area contributed by atoms with Crippen molar-refractivity contribution in [2.75, 3.05) is 18.6 Å². The van der Waals surface area contributed by atoms with Crippen LogP contribution >= 0.6 is 11.8 Å². The number of nitrogens with one attached hydrogen (secondary N) is 1. The molecule has 1 nitrogen and oxygen atoms in total. The maximum atomic E-state index is 3.59. The minimum Gasteiger partial charge on any atom is -0.312 e. The maximum absolute atomic E-state index is 3.59. The average molecular weight is 231 g/mol. The number of rotatable bonds is 7. The topological polar surface area (TPSA) is 12.0 Å². The minimum absolute atomic E-state index is 0.257. The fraction of sp³-hybridized carbons (Fsp3) is 1.00. The smallest absolute Gasteiger partial charge is 0.00966 e. The summed E-state index contributed by atoms with van der Waals surface area (Å²) in [5.74, 6) is 2.93. The molecule has 0 heterocycles.